The van der Waals surface area contributed by atoms with Gasteiger partial charge in [0.1, 0.15) is 17.2 Å². The van der Waals surface area contributed by atoms with Gasteiger partial charge in [-0.05, 0) is 161 Å². The molecule has 0 saturated carbocycles. The van der Waals surface area contributed by atoms with E-state index in [1.807, 2.05) is 0 Å². The summed E-state index contributed by atoms with van der Waals surface area (Å²) >= 11 is 0. The summed E-state index contributed by atoms with van der Waals surface area (Å²) in [5, 5.41) is 37.8. The largest absolute Gasteiger partial charge is 0.507 e. The molecule has 4 aromatic rings. The van der Waals surface area contributed by atoms with Crippen LogP contribution in [0, 0.1) is 20.8 Å². The van der Waals surface area contributed by atoms with E-state index in [9.17, 15) is 15.3 Å². The summed E-state index contributed by atoms with van der Waals surface area (Å²) in [5.41, 5.74) is 17.5. The van der Waals surface area contributed by atoms with Crippen molar-refractivity contribution in [3.8, 4) is 17.2 Å². The van der Waals surface area contributed by atoms with Crippen LogP contribution in [0.25, 0.3) is 0 Å². The molecule has 0 aliphatic rings. The van der Waals surface area contributed by atoms with Crippen molar-refractivity contribution in [1.29, 1.82) is 0 Å². The summed E-state index contributed by atoms with van der Waals surface area (Å²) in [6.45, 7) is 49.2. The molecule has 3 nitrogen and oxygen atoms in total. The van der Waals surface area contributed by atoms with Gasteiger partial charge in [-0.25, -0.2) is 0 Å². The zero-order valence-corrected chi connectivity index (χ0v) is 56.9. The average Bonchev–Trinajstić information content (AvgIpc) is 3.39. The topological polar surface area (TPSA) is 60.7 Å². The van der Waals surface area contributed by atoms with Crippen LogP contribution in [0.3, 0.4) is 0 Å². The molecular formula is C78H126O3. The van der Waals surface area contributed by atoms with Crippen molar-refractivity contribution in [2.45, 2.75) is 351 Å². The lowest BCUT2D eigenvalue weighted by atomic mass is 9.72. The highest BCUT2D eigenvalue weighted by atomic mass is 16.3. The lowest BCUT2D eigenvalue weighted by Crippen LogP contribution is -2.23. The van der Waals surface area contributed by atoms with E-state index in [1.165, 1.54) is 127 Å². The van der Waals surface area contributed by atoms with Gasteiger partial charge in [0.15, 0.2) is 0 Å². The molecule has 0 heterocycles. The Morgan fingerprint density at radius 2 is 0.407 bits per heavy atom. The molecule has 0 saturated heterocycles. The summed E-state index contributed by atoms with van der Waals surface area (Å²) in [6, 6.07) is 14.4. The van der Waals surface area contributed by atoms with Crippen molar-refractivity contribution < 1.29 is 15.3 Å². The molecule has 456 valence electrons. The van der Waals surface area contributed by atoms with Gasteiger partial charge in [-0.1, -0.05) is 277 Å². The van der Waals surface area contributed by atoms with E-state index < -0.39 is 0 Å². The third-order valence-electron chi connectivity index (χ3n) is 20.2. The van der Waals surface area contributed by atoms with Gasteiger partial charge in [-0.15, -0.1) is 0 Å². The molecular weight excluding hydrogens is 985 g/mol. The van der Waals surface area contributed by atoms with Gasteiger partial charge in [0.05, 0.1) is 0 Å². The minimum atomic E-state index is -0.191. The van der Waals surface area contributed by atoms with Gasteiger partial charge < -0.3 is 15.3 Å². The number of phenols is 3. The molecule has 0 bridgehead atoms. The molecule has 0 aliphatic carbocycles. The quantitative estimate of drug-likeness (QED) is 0.0398. The predicted molar refractivity (Wildman–Crippen MR) is 356 cm³/mol. The summed E-state index contributed by atoms with van der Waals surface area (Å²) in [5.74, 6) is 1.51. The van der Waals surface area contributed by atoms with Crippen LogP contribution in [0.2, 0.25) is 0 Å². The van der Waals surface area contributed by atoms with Gasteiger partial charge >= 0.3 is 0 Å². The van der Waals surface area contributed by atoms with Gasteiger partial charge in [0.25, 0.3) is 0 Å². The van der Waals surface area contributed by atoms with Crippen LogP contribution in [-0.2, 0) is 51.8 Å². The highest BCUT2D eigenvalue weighted by Gasteiger charge is 2.35. The predicted octanol–water partition coefficient (Wildman–Crippen LogP) is 23.6. The van der Waals surface area contributed by atoms with Crippen molar-refractivity contribution in [1.82, 2.24) is 0 Å². The van der Waals surface area contributed by atoms with Crippen molar-refractivity contribution in [2.24, 2.45) is 0 Å². The van der Waals surface area contributed by atoms with Crippen molar-refractivity contribution in [3.63, 3.8) is 0 Å². The first kappa shape index (κ1) is 69.8. The minimum absolute atomic E-state index is 0.191. The third kappa shape index (κ3) is 18.1. The number of hydrogen-bond acceptors (Lipinski definition) is 3. The number of hydrogen-bond donors (Lipinski definition) is 3. The fraction of sp³-hybridized carbons (Fsp3) is 0.692. The number of phenolic OH excluding ortho intramolecular Hbond substituents is 3. The van der Waals surface area contributed by atoms with Crippen LogP contribution in [0.5, 0.6) is 17.2 Å². The van der Waals surface area contributed by atoms with Crippen LogP contribution in [0.15, 0.2) is 36.4 Å². The standard InChI is InChI=1S/C78H126O3/c1-22-28-34-40-73(10,11)64-49-58(50-65(70(64)79)74(12,13)41-35-29-23-2)46-61-55(7)62(47-59-51-66(75(14,15)42-36-30-24-3)71(80)67(52-59)76(16,17)43-37-31-25-4)57(9)63(56(61)8)48-60-53-68(77(18,19)44-38-32-26-5)72(81)69(54-60)78(20,21)45-39-33-27-6/h49-54,79-81H,22-48H2,1-21H3. The van der Waals surface area contributed by atoms with E-state index in [-0.39, 0.29) is 32.5 Å². The Morgan fingerprint density at radius 3 is 0.543 bits per heavy atom. The van der Waals surface area contributed by atoms with E-state index >= 15 is 0 Å². The maximum atomic E-state index is 12.6. The summed E-state index contributed by atoms with van der Waals surface area (Å²) in [7, 11) is 0. The molecule has 0 radical (unpaired) electrons. The summed E-state index contributed by atoms with van der Waals surface area (Å²) in [4.78, 5) is 0. The van der Waals surface area contributed by atoms with Gasteiger partial charge in [0.2, 0.25) is 0 Å². The molecule has 0 aliphatic heterocycles. The Kier molecular flexibility index (Phi) is 26.2. The van der Waals surface area contributed by atoms with E-state index in [0.717, 1.165) is 130 Å². The van der Waals surface area contributed by atoms with Gasteiger partial charge in [0, 0.05) is 33.4 Å². The van der Waals surface area contributed by atoms with Crippen LogP contribution >= 0.6 is 0 Å². The Bertz CT molecular complexity index is 2170. The Morgan fingerprint density at radius 1 is 0.259 bits per heavy atom. The number of rotatable bonds is 36. The smallest absolute Gasteiger partial charge is 0.123 e. The fourth-order valence-corrected chi connectivity index (χ4v) is 14.0. The normalized spacial score (nSPS) is 13.0. The summed E-state index contributed by atoms with van der Waals surface area (Å²) < 4.78 is 0. The molecule has 0 unspecified atom stereocenters. The highest BCUT2D eigenvalue weighted by molar-refractivity contribution is 5.59. The Balaban J connectivity index is 2.18. The zero-order valence-electron chi connectivity index (χ0n) is 56.9. The van der Waals surface area contributed by atoms with E-state index in [2.05, 4.69) is 182 Å². The Hall–Kier alpha value is -3.72. The molecule has 4 rings (SSSR count). The number of unbranched alkanes of at least 4 members (excludes halogenated alkanes) is 12. The van der Waals surface area contributed by atoms with E-state index in [1.54, 1.807) is 0 Å². The second-order valence-corrected chi connectivity index (χ2v) is 30.0. The molecule has 3 N–H and O–H groups in total. The maximum absolute atomic E-state index is 12.6. The Labute approximate surface area is 501 Å². The minimum Gasteiger partial charge on any atom is -0.507 e. The van der Waals surface area contributed by atoms with Crippen molar-refractivity contribution >= 4 is 0 Å². The second-order valence-electron chi connectivity index (χ2n) is 30.0. The molecule has 4 aromatic carbocycles. The molecule has 0 amide bonds. The maximum Gasteiger partial charge on any atom is 0.123 e. The summed E-state index contributed by atoms with van der Waals surface area (Å²) in [6.07, 6.45) is 29.6. The SMILES string of the molecule is CCCCCC(C)(C)c1cc(Cc2c(C)c(Cc3cc(C(C)(C)CCCCC)c(O)c(C(C)(C)CCCCC)c3)c(C)c(Cc3cc(C(C)(C)CCCCC)c(O)c(C(C)(C)CCCCC)c3)c2C)cc(C(C)(C)CCCCC)c1O. The molecule has 0 fully saturated rings. The van der Waals surface area contributed by atoms with Crippen molar-refractivity contribution in [2.75, 3.05) is 0 Å². The highest BCUT2D eigenvalue weighted by Crippen LogP contribution is 2.49. The third-order valence-corrected chi connectivity index (χ3v) is 20.2. The molecule has 0 spiro atoms. The first-order valence-corrected chi connectivity index (χ1v) is 33.6. The first-order chi connectivity index (χ1) is 37.9. The lowest BCUT2D eigenvalue weighted by Gasteiger charge is -2.34. The van der Waals surface area contributed by atoms with Crippen LogP contribution in [0.1, 0.15) is 362 Å². The van der Waals surface area contributed by atoms with Gasteiger partial charge in [-0.2, -0.15) is 0 Å². The lowest BCUT2D eigenvalue weighted by molar-refractivity contribution is 0.379. The zero-order chi connectivity index (χ0) is 60.7. The molecule has 0 atom stereocenters. The van der Waals surface area contributed by atoms with Crippen LogP contribution < -0.4 is 0 Å². The van der Waals surface area contributed by atoms with Crippen molar-refractivity contribution in [3.05, 3.63) is 120 Å². The monoisotopic (exact) mass is 1110 g/mol. The first-order valence-electron chi connectivity index (χ1n) is 33.6. The number of benzene rings is 4. The van der Waals surface area contributed by atoms with E-state index in [0.29, 0.717) is 17.2 Å². The fourth-order valence-electron chi connectivity index (χ4n) is 14.0. The second kappa shape index (κ2) is 30.4. The van der Waals surface area contributed by atoms with Crippen LogP contribution in [0.4, 0.5) is 0 Å². The van der Waals surface area contributed by atoms with Gasteiger partial charge in [-0.3, -0.25) is 0 Å². The van der Waals surface area contributed by atoms with Crippen LogP contribution in [-0.4, -0.2) is 15.3 Å². The average molecular weight is 1110 g/mol. The molecule has 3 heteroatoms. The van der Waals surface area contributed by atoms with E-state index in [4.69, 9.17) is 0 Å². The molecule has 81 heavy (non-hydrogen) atoms. The number of aromatic hydroxyl groups is 3. The molecule has 0 aromatic heterocycles.